The lowest BCUT2D eigenvalue weighted by atomic mass is 10.00. The molecule has 2 saturated heterocycles. The maximum atomic E-state index is 13.2. The SMILES string of the molecule is NNC(Cc1ccc(F)cc1Br)C1CN2CCCC2CO1. The second-order valence-corrected chi connectivity index (χ2v) is 6.73. The molecule has 21 heavy (non-hydrogen) atoms. The fourth-order valence-corrected chi connectivity index (χ4v) is 3.82. The van der Waals surface area contributed by atoms with Crippen LogP contribution in [0.4, 0.5) is 4.39 Å². The highest BCUT2D eigenvalue weighted by atomic mass is 79.9. The number of rotatable bonds is 4. The standard InChI is InChI=1S/C15H21BrFN3O/c16-13-7-11(17)4-3-10(13)6-14(19-18)15-8-20-5-1-2-12(20)9-21-15/h3-4,7,12,14-15,19H,1-2,5-6,8-9,18H2. The molecule has 1 aromatic rings. The molecule has 2 heterocycles. The van der Waals surface area contributed by atoms with E-state index >= 15 is 0 Å². The van der Waals surface area contributed by atoms with E-state index in [0.717, 1.165) is 29.7 Å². The number of nitrogens with one attached hydrogen (secondary N) is 1. The van der Waals surface area contributed by atoms with Crippen LogP contribution in [0.3, 0.4) is 0 Å². The Balaban J connectivity index is 1.67. The summed E-state index contributed by atoms with van der Waals surface area (Å²) in [7, 11) is 0. The minimum Gasteiger partial charge on any atom is -0.374 e. The lowest BCUT2D eigenvalue weighted by Crippen LogP contribution is -2.56. The largest absolute Gasteiger partial charge is 0.374 e. The predicted octanol–water partition coefficient (Wildman–Crippen LogP) is 1.83. The van der Waals surface area contributed by atoms with Crippen LogP contribution in [0.1, 0.15) is 18.4 Å². The van der Waals surface area contributed by atoms with E-state index in [0.29, 0.717) is 12.5 Å². The Bertz CT molecular complexity index is 502. The van der Waals surface area contributed by atoms with Crippen LogP contribution in [-0.4, -0.2) is 42.8 Å². The molecule has 0 amide bonds. The summed E-state index contributed by atoms with van der Waals surface area (Å²) in [4.78, 5) is 2.50. The molecular formula is C15H21BrFN3O. The Labute approximate surface area is 132 Å². The van der Waals surface area contributed by atoms with Crippen molar-refractivity contribution in [2.24, 2.45) is 5.84 Å². The molecule has 4 nitrogen and oxygen atoms in total. The third-order valence-corrected chi connectivity index (χ3v) is 5.27. The van der Waals surface area contributed by atoms with Crippen molar-refractivity contribution < 1.29 is 9.13 Å². The number of nitrogens with zero attached hydrogens (tertiary/aromatic N) is 1. The van der Waals surface area contributed by atoms with Gasteiger partial charge in [-0.05, 0) is 43.5 Å². The third-order valence-electron chi connectivity index (χ3n) is 4.53. The zero-order chi connectivity index (χ0) is 14.8. The number of nitrogens with two attached hydrogens (primary N) is 1. The number of hydrogen-bond acceptors (Lipinski definition) is 4. The minimum atomic E-state index is -0.239. The Morgan fingerprint density at radius 2 is 2.38 bits per heavy atom. The molecule has 2 aliphatic heterocycles. The van der Waals surface area contributed by atoms with Gasteiger partial charge in [0.1, 0.15) is 5.82 Å². The molecule has 2 fully saturated rings. The van der Waals surface area contributed by atoms with E-state index in [4.69, 9.17) is 10.6 Å². The molecule has 0 radical (unpaired) electrons. The molecule has 3 atom stereocenters. The van der Waals surface area contributed by atoms with Gasteiger partial charge < -0.3 is 4.74 Å². The summed E-state index contributed by atoms with van der Waals surface area (Å²) in [5.41, 5.74) is 3.91. The van der Waals surface area contributed by atoms with Gasteiger partial charge in [0.25, 0.3) is 0 Å². The molecule has 0 saturated carbocycles. The lowest BCUT2D eigenvalue weighted by Gasteiger charge is -2.38. The fraction of sp³-hybridized carbons (Fsp3) is 0.600. The van der Waals surface area contributed by atoms with Crippen molar-refractivity contribution in [1.29, 1.82) is 0 Å². The van der Waals surface area contributed by atoms with Crippen LogP contribution in [0.2, 0.25) is 0 Å². The van der Waals surface area contributed by atoms with Crippen molar-refractivity contribution in [3.05, 3.63) is 34.1 Å². The number of morpholine rings is 1. The van der Waals surface area contributed by atoms with E-state index in [1.54, 1.807) is 6.07 Å². The van der Waals surface area contributed by atoms with Gasteiger partial charge in [0, 0.05) is 17.1 Å². The van der Waals surface area contributed by atoms with Crippen molar-refractivity contribution in [3.63, 3.8) is 0 Å². The topological polar surface area (TPSA) is 50.5 Å². The highest BCUT2D eigenvalue weighted by Crippen LogP contribution is 2.26. The molecule has 116 valence electrons. The monoisotopic (exact) mass is 357 g/mol. The van der Waals surface area contributed by atoms with Crippen molar-refractivity contribution in [3.8, 4) is 0 Å². The summed E-state index contributed by atoms with van der Waals surface area (Å²) < 4.78 is 19.9. The van der Waals surface area contributed by atoms with Crippen molar-refractivity contribution >= 4 is 15.9 Å². The predicted molar refractivity (Wildman–Crippen MR) is 83.3 cm³/mol. The lowest BCUT2D eigenvalue weighted by molar-refractivity contribution is -0.0644. The average molecular weight is 358 g/mol. The first-order valence-electron chi connectivity index (χ1n) is 7.43. The summed E-state index contributed by atoms with van der Waals surface area (Å²) in [5, 5.41) is 0. The molecule has 0 bridgehead atoms. The number of halogens is 2. The van der Waals surface area contributed by atoms with Crippen LogP contribution in [0.5, 0.6) is 0 Å². The van der Waals surface area contributed by atoms with Crippen LogP contribution >= 0.6 is 15.9 Å². The maximum Gasteiger partial charge on any atom is 0.124 e. The third kappa shape index (κ3) is 3.46. The minimum absolute atomic E-state index is 0.0216. The fourth-order valence-electron chi connectivity index (χ4n) is 3.31. The van der Waals surface area contributed by atoms with Crippen LogP contribution in [0.15, 0.2) is 22.7 Å². The molecule has 0 aromatic heterocycles. The van der Waals surface area contributed by atoms with Gasteiger partial charge in [-0.2, -0.15) is 0 Å². The van der Waals surface area contributed by atoms with E-state index in [9.17, 15) is 4.39 Å². The molecule has 2 aliphatic rings. The first-order chi connectivity index (χ1) is 10.2. The van der Waals surface area contributed by atoms with Gasteiger partial charge in [-0.1, -0.05) is 22.0 Å². The Kier molecular flexibility index (Phi) is 4.91. The number of ether oxygens (including phenoxy) is 1. The molecule has 3 unspecified atom stereocenters. The van der Waals surface area contributed by atoms with Crippen LogP contribution in [0, 0.1) is 5.82 Å². The molecule has 3 N–H and O–H groups in total. The van der Waals surface area contributed by atoms with Gasteiger partial charge in [-0.25, -0.2) is 4.39 Å². The van der Waals surface area contributed by atoms with Gasteiger partial charge in [0.15, 0.2) is 0 Å². The molecular weight excluding hydrogens is 337 g/mol. The highest BCUT2D eigenvalue weighted by Gasteiger charge is 2.35. The summed E-state index contributed by atoms with van der Waals surface area (Å²) in [6, 6.07) is 5.36. The average Bonchev–Trinajstić information content (AvgIpc) is 2.94. The van der Waals surface area contributed by atoms with Crippen LogP contribution in [0.25, 0.3) is 0 Å². The van der Waals surface area contributed by atoms with Gasteiger partial charge in [0.2, 0.25) is 0 Å². The smallest absolute Gasteiger partial charge is 0.124 e. The molecule has 6 heteroatoms. The van der Waals surface area contributed by atoms with Gasteiger partial charge in [-0.3, -0.25) is 16.2 Å². The van der Waals surface area contributed by atoms with E-state index in [2.05, 4.69) is 26.3 Å². The van der Waals surface area contributed by atoms with E-state index in [1.165, 1.54) is 25.0 Å². The zero-order valence-corrected chi connectivity index (χ0v) is 13.5. The van der Waals surface area contributed by atoms with E-state index < -0.39 is 0 Å². The number of fused-ring (bicyclic) bond motifs is 1. The maximum absolute atomic E-state index is 13.2. The Morgan fingerprint density at radius 3 is 3.14 bits per heavy atom. The van der Waals surface area contributed by atoms with Crippen LogP contribution in [-0.2, 0) is 11.2 Å². The van der Waals surface area contributed by atoms with Crippen molar-refractivity contribution in [2.75, 3.05) is 19.7 Å². The second-order valence-electron chi connectivity index (χ2n) is 5.88. The van der Waals surface area contributed by atoms with Crippen LogP contribution < -0.4 is 11.3 Å². The highest BCUT2D eigenvalue weighted by molar-refractivity contribution is 9.10. The first-order valence-corrected chi connectivity index (χ1v) is 8.22. The number of hydrazine groups is 1. The normalized spacial score (nSPS) is 27.6. The summed E-state index contributed by atoms with van der Waals surface area (Å²) in [6.07, 6.45) is 3.27. The molecule has 0 aliphatic carbocycles. The quantitative estimate of drug-likeness (QED) is 0.637. The molecule has 3 rings (SSSR count). The van der Waals surface area contributed by atoms with E-state index in [-0.39, 0.29) is 18.0 Å². The number of hydrogen-bond donors (Lipinski definition) is 2. The summed E-state index contributed by atoms with van der Waals surface area (Å²) in [5.74, 6) is 5.49. The van der Waals surface area contributed by atoms with Gasteiger partial charge in [-0.15, -0.1) is 0 Å². The first kappa shape index (κ1) is 15.4. The summed E-state index contributed by atoms with van der Waals surface area (Å²) in [6.45, 7) is 2.86. The Hall–Kier alpha value is -0.530. The second kappa shape index (κ2) is 6.71. The summed E-state index contributed by atoms with van der Waals surface area (Å²) >= 11 is 3.41. The van der Waals surface area contributed by atoms with Gasteiger partial charge >= 0.3 is 0 Å². The van der Waals surface area contributed by atoms with Gasteiger partial charge in [0.05, 0.1) is 18.8 Å². The molecule has 1 aromatic carbocycles. The number of benzene rings is 1. The zero-order valence-electron chi connectivity index (χ0n) is 11.9. The Morgan fingerprint density at radius 1 is 1.52 bits per heavy atom. The van der Waals surface area contributed by atoms with Crippen molar-refractivity contribution in [1.82, 2.24) is 10.3 Å². The van der Waals surface area contributed by atoms with E-state index in [1.807, 2.05) is 0 Å². The van der Waals surface area contributed by atoms with Crippen molar-refractivity contribution in [2.45, 2.75) is 37.5 Å². The molecule has 0 spiro atoms.